The molecule has 1 aliphatic heterocycles. The Hall–Kier alpha value is -2.90. The summed E-state index contributed by atoms with van der Waals surface area (Å²) in [4.78, 5) is 25.0. The zero-order valence-electron chi connectivity index (χ0n) is 17.6. The van der Waals surface area contributed by atoms with Crippen LogP contribution >= 0.6 is 0 Å². The number of non-ortho nitro benzene ring substituents is 1. The number of carbonyl (C=O) groups is 1. The molecule has 1 aromatic carbocycles. The van der Waals surface area contributed by atoms with Crippen LogP contribution < -0.4 is 0 Å². The van der Waals surface area contributed by atoms with Gasteiger partial charge in [0.25, 0.3) is 21.8 Å². The Balaban J connectivity index is 1.74. The number of nitro groups is 1. The van der Waals surface area contributed by atoms with Gasteiger partial charge in [-0.05, 0) is 13.0 Å². The number of hydrogen-bond donors (Lipinski definition) is 0. The molecule has 0 saturated carbocycles. The number of amides is 1. The van der Waals surface area contributed by atoms with E-state index in [-0.39, 0.29) is 43.5 Å². The monoisotopic (exact) mass is 451 g/mol. The molecule has 2 aromatic rings. The van der Waals surface area contributed by atoms with Crippen molar-refractivity contribution in [3.63, 3.8) is 0 Å². The van der Waals surface area contributed by atoms with Gasteiger partial charge >= 0.3 is 0 Å². The highest BCUT2D eigenvalue weighted by Crippen LogP contribution is 2.20. The van der Waals surface area contributed by atoms with Crippen molar-refractivity contribution in [2.24, 2.45) is 0 Å². The van der Waals surface area contributed by atoms with Gasteiger partial charge in [0.1, 0.15) is 0 Å². The third-order valence-corrected chi connectivity index (χ3v) is 7.45. The number of nitro benzene ring substituents is 1. The first-order valence-corrected chi connectivity index (χ1v) is 11.3. The second kappa shape index (κ2) is 9.08. The molecule has 1 saturated heterocycles. The first-order valence-electron chi connectivity index (χ1n) is 9.92. The van der Waals surface area contributed by atoms with Gasteiger partial charge in [-0.25, -0.2) is 4.68 Å². The smallest absolute Gasteiger partial charge is 0.282 e. The van der Waals surface area contributed by atoms with Crippen molar-refractivity contribution in [3.05, 3.63) is 45.8 Å². The first kappa shape index (κ1) is 22.8. The second-order valence-corrected chi connectivity index (χ2v) is 8.92. The largest absolute Gasteiger partial charge is 0.335 e. The molecule has 0 atom stereocenters. The summed E-state index contributed by atoms with van der Waals surface area (Å²) in [5.41, 5.74) is 0.912. The lowest BCUT2D eigenvalue weighted by atomic mass is 10.2. The molecule has 168 valence electrons. The number of carbonyl (C=O) groups excluding carboxylic acids is 1. The molecule has 1 amide bonds. The zero-order chi connectivity index (χ0) is 22.8. The van der Waals surface area contributed by atoms with Crippen LogP contribution in [0.5, 0.6) is 0 Å². The molecular formula is C18H25N7O5S. The van der Waals surface area contributed by atoms with Gasteiger partial charge in [0.2, 0.25) is 0 Å². The van der Waals surface area contributed by atoms with Crippen molar-refractivity contribution < 1.29 is 18.1 Å². The summed E-state index contributed by atoms with van der Waals surface area (Å²) in [7, 11) is -3.55. The van der Waals surface area contributed by atoms with Crippen molar-refractivity contribution in [1.29, 1.82) is 0 Å². The molecule has 13 heteroatoms. The molecule has 0 unspecified atom stereocenters. The second-order valence-electron chi connectivity index (χ2n) is 7.00. The molecule has 3 rings (SSSR count). The summed E-state index contributed by atoms with van der Waals surface area (Å²) >= 11 is 0. The van der Waals surface area contributed by atoms with Gasteiger partial charge < -0.3 is 4.90 Å². The highest BCUT2D eigenvalue weighted by Gasteiger charge is 2.33. The van der Waals surface area contributed by atoms with Crippen molar-refractivity contribution in [3.8, 4) is 5.69 Å². The topological polar surface area (TPSA) is 135 Å². The molecule has 1 fully saturated rings. The normalized spacial score (nSPS) is 15.4. The summed E-state index contributed by atoms with van der Waals surface area (Å²) in [6.07, 6.45) is 0. The standard InChI is InChI=1S/C18H25N7O5S/c1-4-22(5-2)31(29,30)23-11-9-21(10-12-23)18(26)17-14(3)24(20-19-17)15-7-6-8-16(13-15)25(27)28/h6-8,13H,4-5,9-12H2,1-3H3. The van der Waals surface area contributed by atoms with Crippen molar-refractivity contribution in [2.75, 3.05) is 39.3 Å². The minimum atomic E-state index is -3.55. The summed E-state index contributed by atoms with van der Waals surface area (Å²) in [5, 5.41) is 19.0. The minimum absolute atomic E-state index is 0.0918. The Labute approximate surface area is 180 Å². The molecule has 0 bridgehead atoms. The molecule has 31 heavy (non-hydrogen) atoms. The van der Waals surface area contributed by atoms with Gasteiger partial charge in [0.05, 0.1) is 16.3 Å². The summed E-state index contributed by atoms with van der Waals surface area (Å²) in [6.45, 7) is 6.88. The van der Waals surface area contributed by atoms with Crippen molar-refractivity contribution in [1.82, 2.24) is 28.5 Å². The molecule has 0 aliphatic carbocycles. The van der Waals surface area contributed by atoms with Crippen LogP contribution in [0.2, 0.25) is 0 Å². The lowest BCUT2D eigenvalue weighted by Crippen LogP contribution is -2.54. The number of hydrogen-bond acceptors (Lipinski definition) is 7. The van der Waals surface area contributed by atoms with Crippen LogP contribution in [-0.4, -0.2) is 87.0 Å². The average Bonchev–Trinajstić information content (AvgIpc) is 3.15. The van der Waals surface area contributed by atoms with Gasteiger partial charge in [-0.15, -0.1) is 5.10 Å². The van der Waals surface area contributed by atoms with Gasteiger partial charge in [-0.3, -0.25) is 14.9 Å². The SMILES string of the molecule is CCN(CC)S(=O)(=O)N1CCN(C(=O)c2nnn(-c3cccc([N+](=O)[O-])c3)c2C)CC1. The van der Waals surface area contributed by atoms with E-state index in [2.05, 4.69) is 10.3 Å². The van der Waals surface area contributed by atoms with Gasteiger partial charge in [0.15, 0.2) is 5.69 Å². The summed E-state index contributed by atoms with van der Waals surface area (Å²) in [5.74, 6) is -0.353. The Morgan fingerprint density at radius 3 is 2.42 bits per heavy atom. The fourth-order valence-electron chi connectivity index (χ4n) is 3.50. The van der Waals surface area contributed by atoms with Crippen LogP contribution in [0.25, 0.3) is 5.69 Å². The number of rotatable bonds is 7. The maximum Gasteiger partial charge on any atom is 0.282 e. The molecule has 1 aromatic heterocycles. The van der Waals surface area contributed by atoms with Crippen molar-refractivity contribution in [2.45, 2.75) is 20.8 Å². The molecule has 12 nitrogen and oxygen atoms in total. The number of benzene rings is 1. The maximum atomic E-state index is 13.0. The number of piperazine rings is 1. The van der Waals surface area contributed by atoms with Crippen LogP contribution in [0.1, 0.15) is 30.0 Å². The highest BCUT2D eigenvalue weighted by molar-refractivity contribution is 7.86. The average molecular weight is 452 g/mol. The molecular weight excluding hydrogens is 426 g/mol. The van der Waals surface area contributed by atoms with Crippen LogP contribution in [0.15, 0.2) is 24.3 Å². The molecule has 1 aliphatic rings. The van der Waals surface area contributed by atoms with E-state index >= 15 is 0 Å². The molecule has 2 heterocycles. The lowest BCUT2D eigenvalue weighted by Gasteiger charge is -2.36. The van der Waals surface area contributed by atoms with E-state index in [1.807, 2.05) is 0 Å². The number of aromatic nitrogens is 3. The van der Waals surface area contributed by atoms with Crippen LogP contribution in [-0.2, 0) is 10.2 Å². The van der Waals surface area contributed by atoms with Gasteiger partial charge in [-0.1, -0.05) is 25.1 Å². The third-order valence-electron chi connectivity index (χ3n) is 5.27. The van der Waals surface area contributed by atoms with Crippen molar-refractivity contribution >= 4 is 21.8 Å². The summed E-state index contributed by atoms with van der Waals surface area (Å²) < 4.78 is 29.5. The fourth-order valence-corrected chi connectivity index (χ4v) is 5.10. The van der Waals surface area contributed by atoms with E-state index in [1.54, 1.807) is 31.7 Å². The predicted molar refractivity (Wildman–Crippen MR) is 112 cm³/mol. The highest BCUT2D eigenvalue weighted by atomic mass is 32.2. The molecule has 0 N–H and O–H groups in total. The lowest BCUT2D eigenvalue weighted by molar-refractivity contribution is -0.384. The number of nitrogens with zero attached hydrogens (tertiary/aromatic N) is 7. The van der Waals surface area contributed by atoms with E-state index in [4.69, 9.17) is 0 Å². The quantitative estimate of drug-likeness (QED) is 0.449. The van der Waals surface area contributed by atoms with E-state index in [9.17, 15) is 23.3 Å². The van der Waals surface area contributed by atoms with Crippen LogP contribution in [0.3, 0.4) is 0 Å². The fraction of sp³-hybridized carbons (Fsp3) is 0.500. The van der Waals surface area contributed by atoms with Crippen LogP contribution in [0, 0.1) is 17.0 Å². The Morgan fingerprint density at radius 1 is 1.19 bits per heavy atom. The van der Waals surface area contributed by atoms with Gasteiger partial charge in [0, 0.05) is 51.4 Å². The minimum Gasteiger partial charge on any atom is -0.335 e. The predicted octanol–water partition coefficient (Wildman–Crippen LogP) is 0.828. The maximum absolute atomic E-state index is 13.0. The Bertz CT molecular complexity index is 1070. The molecule has 0 radical (unpaired) electrons. The first-order chi connectivity index (χ1) is 14.7. The van der Waals surface area contributed by atoms with E-state index in [1.165, 1.54) is 31.5 Å². The molecule has 0 spiro atoms. The van der Waals surface area contributed by atoms with Gasteiger partial charge in [-0.2, -0.15) is 17.0 Å². The van der Waals surface area contributed by atoms with E-state index in [0.717, 1.165) is 0 Å². The van der Waals surface area contributed by atoms with E-state index < -0.39 is 15.1 Å². The Kier molecular flexibility index (Phi) is 6.67. The van der Waals surface area contributed by atoms with Crippen LogP contribution in [0.4, 0.5) is 5.69 Å². The Morgan fingerprint density at radius 2 is 1.84 bits per heavy atom. The zero-order valence-corrected chi connectivity index (χ0v) is 18.4. The third kappa shape index (κ3) is 4.43. The summed E-state index contributed by atoms with van der Waals surface area (Å²) in [6, 6.07) is 5.89. The van der Waals surface area contributed by atoms with E-state index in [0.29, 0.717) is 24.5 Å².